The van der Waals surface area contributed by atoms with Crippen LogP contribution in [0.5, 0.6) is 17.2 Å². The maximum Gasteiger partial charge on any atom is 0.231 e. The first-order chi connectivity index (χ1) is 7.15. The molecule has 1 aliphatic rings. The predicted octanol–water partition coefficient (Wildman–Crippen LogP) is 1.36. The summed E-state index contributed by atoms with van der Waals surface area (Å²) in [5, 5.41) is 18.3. The number of aliphatic hydroxyl groups excluding tert-OH is 1. The normalized spacial score (nSPS) is 15.4. The molecule has 82 valence electrons. The Morgan fingerprint density at radius 2 is 2.27 bits per heavy atom. The summed E-state index contributed by atoms with van der Waals surface area (Å²) in [7, 11) is 0. The Morgan fingerprint density at radius 3 is 2.93 bits per heavy atom. The molecule has 1 heterocycles. The van der Waals surface area contributed by atoms with Crippen molar-refractivity contribution in [3.05, 3.63) is 17.4 Å². The Bertz CT molecular complexity index is 391. The lowest BCUT2D eigenvalue weighted by Crippen LogP contribution is -2.04. The molecule has 2 N–H and O–H groups in total. The minimum absolute atomic E-state index is 0.00335. The third-order valence-electron chi connectivity index (χ3n) is 2.38. The van der Waals surface area contributed by atoms with Gasteiger partial charge in [-0.15, -0.1) is 0 Å². The van der Waals surface area contributed by atoms with E-state index in [0.29, 0.717) is 5.75 Å². The van der Waals surface area contributed by atoms with Crippen molar-refractivity contribution in [2.45, 2.75) is 12.8 Å². The van der Waals surface area contributed by atoms with Gasteiger partial charge in [0.05, 0.1) is 0 Å². The summed E-state index contributed by atoms with van der Waals surface area (Å²) >= 11 is 0. The highest BCUT2D eigenvalue weighted by Crippen LogP contribution is 2.44. The molecule has 1 aliphatic heterocycles. The Kier molecular flexibility index (Phi) is 2.40. The van der Waals surface area contributed by atoms with Crippen molar-refractivity contribution < 1.29 is 24.1 Å². The standard InChI is InChI=1S/C10H11FO4/c1-5(3-12)8-9(11)6(13)2-7-10(8)15-4-14-7/h2,5,12-13H,3-4H2,1H3. The van der Waals surface area contributed by atoms with Crippen molar-refractivity contribution in [2.75, 3.05) is 13.4 Å². The molecule has 4 nitrogen and oxygen atoms in total. The molecule has 0 fully saturated rings. The van der Waals surface area contributed by atoms with Gasteiger partial charge in [0.2, 0.25) is 6.79 Å². The van der Waals surface area contributed by atoms with Crippen molar-refractivity contribution in [1.82, 2.24) is 0 Å². The van der Waals surface area contributed by atoms with E-state index in [2.05, 4.69) is 0 Å². The Hall–Kier alpha value is -1.49. The maximum absolute atomic E-state index is 13.6. The van der Waals surface area contributed by atoms with Gasteiger partial charge in [-0.3, -0.25) is 0 Å². The second-order valence-electron chi connectivity index (χ2n) is 3.44. The van der Waals surface area contributed by atoms with E-state index in [-0.39, 0.29) is 24.7 Å². The van der Waals surface area contributed by atoms with Gasteiger partial charge in [0.15, 0.2) is 23.1 Å². The first kappa shape index (κ1) is 10.0. The highest BCUT2D eigenvalue weighted by atomic mass is 19.1. The lowest BCUT2D eigenvalue weighted by molar-refractivity contribution is 0.172. The van der Waals surface area contributed by atoms with Crippen molar-refractivity contribution in [2.24, 2.45) is 0 Å². The molecule has 1 aromatic rings. The zero-order valence-electron chi connectivity index (χ0n) is 8.16. The number of halogens is 1. The third-order valence-corrected chi connectivity index (χ3v) is 2.38. The largest absolute Gasteiger partial charge is 0.505 e. The van der Waals surface area contributed by atoms with Crippen molar-refractivity contribution in [3.8, 4) is 17.2 Å². The van der Waals surface area contributed by atoms with E-state index in [1.165, 1.54) is 6.07 Å². The van der Waals surface area contributed by atoms with E-state index >= 15 is 0 Å². The second kappa shape index (κ2) is 3.58. The van der Waals surface area contributed by atoms with Crippen LogP contribution in [0.25, 0.3) is 0 Å². The molecule has 0 saturated heterocycles. The molecular formula is C10H11FO4. The second-order valence-corrected chi connectivity index (χ2v) is 3.44. The van der Waals surface area contributed by atoms with E-state index in [0.717, 1.165) is 0 Å². The van der Waals surface area contributed by atoms with Crippen LogP contribution in [-0.2, 0) is 0 Å². The zero-order valence-corrected chi connectivity index (χ0v) is 8.16. The molecule has 0 amide bonds. The fourth-order valence-corrected chi connectivity index (χ4v) is 1.56. The Morgan fingerprint density at radius 1 is 1.53 bits per heavy atom. The molecule has 15 heavy (non-hydrogen) atoms. The average molecular weight is 214 g/mol. The molecule has 0 radical (unpaired) electrons. The van der Waals surface area contributed by atoms with E-state index in [1.54, 1.807) is 6.92 Å². The Balaban J connectivity index is 2.60. The van der Waals surface area contributed by atoms with E-state index < -0.39 is 17.5 Å². The minimum atomic E-state index is -0.763. The number of aromatic hydroxyl groups is 1. The van der Waals surface area contributed by atoms with Crippen molar-refractivity contribution in [1.29, 1.82) is 0 Å². The summed E-state index contributed by atoms with van der Waals surface area (Å²) in [5.41, 5.74) is 0.157. The first-order valence-corrected chi connectivity index (χ1v) is 4.57. The SMILES string of the molecule is CC(CO)c1c(F)c(O)cc2c1OCO2. The summed E-state index contributed by atoms with van der Waals surface area (Å²) < 4.78 is 23.7. The fourth-order valence-electron chi connectivity index (χ4n) is 1.56. The number of benzene rings is 1. The molecule has 5 heteroatoms. The summed E-state index contributed by atoms with van der Waals surface area (Å²) in [6.07, 6.45) is 0. The van der Waals surface area contributed by atoms with Crippen LogP contribution in [0, 0.1) is 5.82 Å². The number of hydrogen-bond acceptors (Lipinski definition) is 4. The molecule has 0 spiro atoms. The summed E-state index contributed by atoms with van der Waals surface area (Å²) in [5.74, 6) is -1.13. The van der Waals surface area contributed by atoms with Gasteiger partial charge < -0.3 is 19.7 Å². The van der Waals surface area contributed by atoms with E-state index in [9.17, 15) is 9.50 Å². The van der Waals surface area contributed by atoms with Crippen molar-refractivity contribution in [3.63, 3.8) is 0 Å². The lowest BCUT2D eigenvalue weighted by atomic mass is 9.99. The quantitative estimate of drug-likeness (QED) is 0.780. The van der Waals surface area contributed by atoms with Crippen molar-refractivity contribution >= 4 is 0 Å². The Labute approximate surface area is 85.9 Å². The van der Waals surface area contributed by atoms with E-state index in [4.69, 9.17) is 14.6 Å². The lowest BCUT2D eigenvalue weighted by Gasteiger charge is -2.13. The highest BCUT2D eigenvalue weighted by molar-refractivity contribution is 5.55. The van der Waals surface area contributed by atoms with Gasteiger partial charge in [0.1, 0.15) is 0 Å². The maximum atomic E-state index is 13.6. The van der Waals surface area contributed by atoms with Crippen LogP contribution >= 0.6 is 0 Å². The first-order valence-electron chi connectivity index (χ1n) is 4.57. The molecular weight excluding hydrogens is 203 g/mol. The molecule has 1 atom stereocenters. The smallest absolute Gasteiger partial charge is 0.231 e. The van der Waals surface area contributed by atoms with Crippen LogP contribution in [0.1, 0.15) is 18.4 Å². The van der Waals surface area contributed by atoms with Crippen LogP contribution < -0.4 is 9.47 Å². The zero-order chi connectivity index (χ0) is 11.0. The van der Waals surface area contributed by atoms with Gasteiger partial charge in [-0.25, -0.2) is 4.39 Å². The molecule has 1 unspecified atom stereocenters. The number of rotatable bonds is 2. The number of ether oxygens (including phenoxy) is 2. The van der Waals surface area contributed by atoms with Gasteiger partial charge >= 0.3 is 0 Å². The predicted molar refractivity (Wildman–Crippen MR) is 49.7 cm³/mol. The number of aliphatic hydroxyl groups is 1. The monoisotopic (exact) mass is 214 g/mol. The molecule has 0 saturated carbocycles. The van der Waals surface area contributed by atoms with Gasteiger partial charge in [-0.05, 0) is 0 Å². The van der Waals surface area contributed by atoms with Gasteiger partial charge in [0.25, 0.3) is 0 Å². The summed E-state index contributed by atoms with van der Waals surface area (Å²) in [6, 6.07) is 1.17. The van der Waals surface area contributed by atoms with Crippen LogP contribution in [0.3, 0.4) is 0 Å². The van der Waals surface area contributed by atoms with Gasteiger partial charge in [-0.1, -0.05) is 6.92 Å². The molecule has 0 aromatic heterocycles. The van der Waals surface area contributed by atoms with Crippen LogP contribution in [0.15, 0.2) is 6.07 Å². The molecule has 1 aromatic carbocycles. The molecule has 0 aliphatic carbocycles. The number of fused-ring (bicyclic) bond motifs is 1. The van der Waals surface area contributed by atoms with E-state index in [1.807, 2.05) is 0 Å². The number of hydrogen-bond donors (Lipinski definition) is 2. The summed E-state index contributed by atoms with van der Waals surface area (Å²) in [6.45, 7) is 1.42. The van der Waals surface area contributed by atoms with Crippen LogP contribution in [0.2, 0.25) is 0 Å². The van der Waals surface area contributed by atoms with Gasteiger partial charge in [0, 0.05) is 24.2 Å². The van der Waals surface area contributed by atoms with Crippen LogP contribution in [0.4, 0.5) is 4.39 Å². The average Bonchev–Trinajstić information content (AvgIpc) is 2.66. The number of phenols is 1. The minimum Gasteiger partial charge on any atom is -0.505 e. The summed E-state index contributed by atoms with van der Waals surface area (Å²) in [4.78, 5) is 0. The van der Waals surface area contributed by atoms with Gasteiger partial charge in [-0.2, -0.15) is 0 Å². The highest BCUT2D eigenvalue weighted by Gasteiger charge is 2.27. The molecule has 2 rings (SSSR count). The third kappa shape index (κ3) is 1.48. The number of phenolic OH excluding ortho intramolecular Hbond substituents is 1. The fraction of sp³-hybridized carbons (Fsp3) is 0.400. The van der Waals surface area contributed by atoms with Crippen LogP contribution in [-0.4, -0.2) is 23.6 Å². The molecule has 0 bridgehead atoms. The topological polar surface area (TPSA) is 58.9 Å².